The number of furan rings is 1. The predicted molar refractivity (Wildman–Crippen MR) is 101 cm³/mol. The largest absolute Gasteiger partial charge is 0.457 e. The Morgan fingerprint density at radius 3 is 2.26 bits per heavy atom. The maximum Gasteiger partial charge on any atom is 0.216 e. The number of Topliss-reactive ketones (excluding diaryl/α,β-unsaturated/α-hetero) is 1. The van der Waals surface area contributed by atoms with Gasteiger partial charge < -0.3 is 4.42 Å². The molecule has 0 amide bonds. The molecular weight excluding hydrogens is 362 g/mol. The van der Waals surface area contributed by atoms with Crippen LogP contribution in [0, 0.1) is 11.3 Å². The van der Waals surface area contributed by atoms with Crippen molar-refractivity contribution < 1.29 is 17.6 Å². The molecule has 0 radical (unpaired) electrons. The van der Waals surface area contributed by atoms with Gasteiger partial charge in [-0.3, -0.25) is 4.79 Å². The molecule has 134 valence electrons. The fourth-order valence-corrected chi connectivity index (χ4v) is 3.64. The third-order valence-electron chi connectivity index (χ3n) is 3.93. The molecule has 0 aliphatic rings. The van der Waals surface area contributed by atoms with Crippen LogP contribution in [0.4, 0.5) is 0 Å². The van der Waals surface area contributed by atoms with E-state index in [1.165, 1.54) is 25.1 Å². The number of carbonyl (C=O) groups excluding carboxylic acids is 1. The van der Waals surface area contributed by atoms with Crippen molar-refractivity contribution in [3.05, 3.63) is 83.0 Å². The summed E-state index contributed by atoms with van der Waals surface area (Å²) in [7, 11) is -3.92. The highest BCUT2D eigenvalue weighted by molar-refractivity contribution is 7.95. The van der Waals surface area contributed by atoms with E-state index in [9.17, 15) is 18.5 Å². The number of carbonyl (C=O) groups is 1. The molecule has 0 unspecified atom stereocenters. The van der Waals surface area contributed by atoms with E-state index in [4.69, 9.17) is 4.42 Å². The minimum absolute atomic E-state index is 0.0330. The van der Waals surface area contributed by atoms with Gasteiger partial charge in [0.15, 0.2) is 10.7 Å². The molecule has 0 aliphatic heterocycles. The molecule has 5 nitrogen and oxygen atoms in total. The molecule has 0 saturated carbocycles. The molecule has 0 aliphatic carbocycles. The van der Waals surface area contributed by atoms with Crippen LogP contribution in [0.1, 0.15) is 23.0 Å². The van der Waals surface area contributed by atoms with Crippen LogP contribution in [0.15, 0.2) is 80.9 Å². The molecule has 1 heterocycles. The lowest BCUT2D eigenvalue weighted by atomic mass is 10.1. The first-order valence-electron chi connectivity index (χ1n) is 8.05. The van der Waals surface area contributed by atoms with Crippen LogP contribution >= 0.6 is 0 Å². The van der Waals surface area contributed by atoms with E-state index in [0.717, 1.165) is 5.56 Å². The number of hydrogen-bond donors (Lipinski definition) is 0. The number of hydrogen-bond acceptors (Lipinski definition) is 5. The number of sulfone groups is 1. The average Bonchev–Trinajstić information content (AvgIpc) is 3.15. The van der Waals surface area contributed by atoms with Crippen LogP contribution in [0.3, 0.4) is 0 Å². The number of ketones is 1. The number of nitriles is 1. The SMILES string of the molecule is CC(=O)c1ccc(-c2ccc(/C=C(/C#N)S(=O)(=O)c3ccccc3)o2)cc1. The van der Waals surface area contributed by atoms with E-state index in [0.29, 0.717) is 11.3 Å². The molecule has 3 rings (SSSR count). The van der Waals surface area contributed by atoms with Crippen LogP contribution < -0.4 is 0 Å². The zero-order chi connectivity index (χ0) is 19.4. The predicted octanol–water partition coefficient (Wildman–Crippen LogP) is 4.49. The average molecular weight is 377 g/mol. The van der Waals surface area contributed by atoms with Gasteiger partial charge in [-0.25, -0.2) is 8.42 Å². The topological polar surface area (TPSA) is 88.1 Å². The lowest BCUT2D eigenvalue weighted by Gasteiger charge is -2.02. The zero-order valence-corrected chi connectivity index (χ0v) is 15.2. The lowest BCUT2D eigenvalue weighted by Crippen LogP contribution is -2.03. The van der Waals surface area contributed by atoms with Gasteiger partial charge in [-0.1, -0.05) is 42.5 Å². The third-order valence-corrected chi connectivity index (χ3v) is 5.61. The Labute approximate surface area is 157 Å². The summed E-state index contributed by atoms with van der Waals surface area (Å²) in [5.74, 6) is 0.719. The van der Waals surface area contributed by atoms with Crippen molar-refractivity contribution in [2.75, 3.05) is 0 Å². The summed E-state index contributed by atoms with van der Waals surface area (Å²) in [5.41, 5.74) is 1.33. The molecule has 6 heteroatoms. The van der Waals surface area contributed by atoms with Crippen molar-refractivity contribution in [1.29, 1.82) is 5.26 Å². The summed E-state index contributed by atoms with van der Waals surface area (Å²) >= 11 is 0. The summed E-state index contributed by atoms with van der Waals surface area (Å²) in [6, 6.07) is 19.6. The second kappa shape index (κ2) is 7.44. The van der Waals surface area contributed by atoms with E-state index in [-0.39, 0.29) is 16.4 Å². The number of rotatable bonds is 5. The van der Waals surface area contributed by atoms with Crippen LogP contribution in [-0.2, 0) is 9.84 Å². The Balaban J connectivity index is 1.93. The third kappa shape index (κ3) is 3.89. The fourth-order valence-electron chi connectivity index (χ4n) is 2.48. The van der Waals surface area contributed by atoms with Crippen molar-refractivity contribution in [2.24, 2.45) is 0 Å². The smallest absolute Gasteiger partial charge is 0.216 e. The molecule has 0 fully saturated rings. The normalized spacial score (nSPS) is 11.8. The van der Waals surface area contributed by atoms with Crippen molar-refractivity contribution >= 4 is 21.7 Å². The molecule has 3 aromatic rings. The highest BCUT2D eigenvalue weighted by Crippen LogP contribution is 2.26. The zero-order valence-electron chi connectivity index (χ0n) is 14.4. The van der Waals surface area contributed by atoms with Crippen LogP contribution in [0.25, 0.3) is 17.4 Å². The Hall–Kier alpha value is -3.43. The van der Waals surface area contributed by atoms with Gasteiger partial charge in [0.2, 0.25) is 9.84 Å². The van der Waals surface area contributed by atoms with Gasteiger partial charge in [0.05, 0.1) is 4.90 Å². The minimum Gasteiger partial charge on any atom is -0.457 e. The lowest BCUT2D eigenvalue weighted by molar-refractivity contribution is 0.101. The first-order valence-corrected chi connectivity index (χ1v) is 9.53. The van der Waals surface area contributed by atoms with Gasteiger partial charge in [0.1, 0.15) is 17.6 Å². The van der Waals surface area contributed by atoms with Crippen molar-refractivity contribution in [1.82, 2.24) is 0 Å². The Bertz CT molecular complexity index is 1150. The number of nitrogens with zero attached hydrogens (tertiary/aromatic N) is 1. The Morgan fingerprint density at radius 2 is 1.67 bits per heavy atom. The van der Waals surface area contributed by atoms with E-state index >= 15 is 0 Å². The summed E-state index contributed by atoms with van der Waals surface area (Å²) in [6.45, 7) is 1.49. The minimum atomic E-state index is -3.92. The summed E-state index contributed by atoms with van der Waals surface area (Å²) < 4.78 is 30.8. The summed E-state index contributed by atoms with van der Waals surface area (Å²) in [4.78, 5) is 11.0. The molecule has 27 heavy (non-hydrogen) atoms. The van der Waals surface area contributed by atoms with Gasteiger partial charge in [0.25, 0.3) is 0 Å². The molecule has 0 atom stereocenters. The summed E-state index contributed by atoms with van der Waals surface area (Å²) in [6.07, 6.45) is 1.20. The van der Waals surface area contributed by atoms with Gasteiger partial charge >= 0.3 is 0 Å². The standard InChI is InChI=1S/C21H15NO4S/c1-15(23)16-7-9-17(10-8-16)21-12-11-18(26-21)13-20(14-22)27(24,25)19-5-3-2-4-6-19/h2-13H,1H3/b20-13-. The maximum absolute atomic E-state index is 12.6. The summed E-state index contributed by atoms with van der Waals surface area (Å²) in [5, 5.41) is 9.32. The number of allylic oxidation sites excluding steroid dienone is 1. The highest BCUT2D eigenvalue weighted by atomic mass is 32.2. The van der Waals surface area contributed by atoms with Crippen LogP contribution in [-0.4, -0.2) is 14.2 Å². The second-order valence-corrected chi connectivity index (χ2v) is 7.69. The molecule has 0 saturated heterocycles. The molecule has 1 aromatic heterocycles. The molecule has 0 spiro atoms. The van der Waals surface area contributed by atoms with Gasteiger partial charge in [-0.2, -0.15) is 5.26 Å². The first kappa shape index (κ1) is 18.4. The van der Waals surface area contributed by atoms with Gasteiger partial charge in [-0.15, -0.1) is 0 Å². The van der Waals surface area contributed by atoms with Gasteiger partial charge in [0, 0.05) is 17.2 Å². The quantitative estimate of drug-likeness (QED) is 0.483. The van der Waals surface area contributed by atoms with Gasteiger partial charge in [-0.05, 0) is 31.2 Å². The molecule has 0 bridgehead atoms. The monoisotopic (exact) mass is 377 g/mol. The maximum atomic E-state index is 12.6. The Kier molecular flexibility index (Phi) is 5.06. The highest BCUT2D eigenvalue weighted by Gasteiger charge is 2.21. The molecule has 2 aromatic carbocycles. The Morgan fingerprint density at radius 1 is 1.00 bits per heavy atom. The van der Waals surface area contributed by atoms with E-state index < -0.39 is 14.7 Å². The van der Waals surface area contributed by atoms with Crippen molar-refractivity contribution in [3.8, 4) is 17.4 Å². The van der Waals surface area contributed by atoms with E-state index in [1.54, 1.807) is 60.7 Å². The van der Waals surface area contributed by atoms with Crippen molar-refractivity contribution in [3.63, 3.8) is 0 Å². The van der Waals surface area contributed by atoms with E-state index in [2.05, 4.69) is 0 Å². The van der Waals surface area contributed by atoms with Crippen LogP contribution in [0.5, 0.6) is 0 Å². The molecular formula is C21H15NO4S. The number of benzene rings is 2. The van der Waals surface area contributed by atoms with E-state index in [1.807, 2.05) is 0 Å². The van der Waals surface area contributed by atoms with Crippen molar-refractivity contribution in [2.45, 2.75) is 11.8 Å². The van der Waals surface area contributed by atoms with Crippen LogP contribution in [0.2, 0.25) is 0 Å². The fraction of sp³-hybridized carbons (Fsp3) is 0.0476. The second-order valence-electron chi connectivity index (χ2n) is 5.77. The first-order chi connectivity index (χ1) is 12.9. The molecule has 0 N–H and O–H groups in total.